The van der Waals surface area contributed by atoms with E-state index in [1.165, 1.54) is 0 Å². The highest BCUT2D eigenvalue weighted by molar-refractivity contribution is 5.42. The van der Waals surface area contributed by atoms with Crippen LogP contribution in [0.25, 0.3) is 0 Å². The number of rotatable bonds is 5. The van der Waals surface area contributed by atoms with Crippen LogP contribution in [0.3, 0.4) is 0 Å². The Morgan fingerprint density at radius 1 is 1.47 bits per heavy atom. The number of hydrogen-bond acceptors (Lipinski definition) is 4. The van der Waals surface area contributed by atoms with Gasteiger partial charge in [0.25, 0.3) is 0 Å². The molecule has 0 saturated heterocycles. The molecule has 17 heavy (non-hydrogen) atoms. The molecule has 1 saturated carbocycles. The fourth-order valence-electron chi connectivity index (χ4n) is 2.59. The van der Waals surface area contributed by atoms with Crippen LogP contribution < -0.4 is 5.73 Å². The molecule has 1 aromatic heterocycles. The van der Waals surface area contributed by atoms with E-state index in [1.807, 2.05) is 6.92 Å². The summed E-state index contributed by atoms with van der Waals surface area (Å²) in [6.07, 6.45) is 3.66. The average molecular weight is 238 g/mol. The molecule has 2 rings (SSSR count). The van der Waals surface area contributed by atoms with Crippen molar-refractivity contribution in [2.75, 3.05) is 12.3 Å². The number of nitrogens with two attached hydrogens (primary N) is 1. The van der Waals surface area contributed by atoms with E-state index < -0.39 is 0 Å². The zero-order valence-corrected chi connectivity index (χ0v) is 10.9. The molecule has 2 N–H and O–H groups in total. The molecule has 0 atom stereocenters. The maximum atomic E-state index is 5.82. The molecule has 0 unspecified atom stereocenters. The molecular formula is C13H22N2O2. The summed E-state index contributed by atoms with van der Waals surface area (Å²) >= 11 is 0. The van der Waals surface area contributed by atoms with Gasteiger partial charge in [0.1, 0.15) is 5.76 Å². The molecule has 4 heteroatoms. The molecule has 1 fully saturated rings. The summed E-state index contributed by atoms with van der Waals surface area (Å²) in [7, 11) is 0. The van der Waals surface area contributed by atoms with Crippen molar-refractivity contribution in [3.8, 4) is 0 Å². The van der Waals surface area contributed by atoms with E-state index in [9.17, 15) is 0 Å². The number of hydrogen-bond donors (Lipinski definition) is 1. The summed E-state index contributed by atoms with van der Waals surface area (Å²) in [5.74, 6) is 2.56. The summed E-state index contributed by atoms with van der Waals surface area (Å²) in [5, 5.41) is 3.88. The van der Waals surface area contributed by atoms with Crippen LogP contribution in [0.4, 0.5) is 5.82 Å². The van der Waals surface area contributed by atoms with Crippen molar-refractivity contribution < 1.29 is 9.26 Å². The lowest BCUT2D eigenvalue weighted by Crippen LogP contribution is -2.32. The molecule has 0 radical (unpaired) electrons. The summed E-state index contributed by atoms with van der Waals surface area (Å²) in [5.41, 5.74) is 6.91. The minimum atomic E-state index is 0.374. The largest absolute Gasteiger partial charge is 0.381 e. The lowest BCUT2D eigenvalue weighted by molar-refractivity contribution is -0.0255. The molecule has 0 aliphatic heterocycles. The maximum absolute atomic E-state index is 5.82. The van der Waals surface area contributed by atoms with E-state index >= 15 is 0 Å². The average Bonchev–Trinajstić information content (AvgIpc) is 2.56. The molecule has 96 valence electrons. The van der Waals surface area contributed by atoms with Gasteiger partial charge in [-0.1, -0.05) is 19.0 Å². The van der Waals surface area contributed by atoms with E-state index in [1.54, 1.807) is 0 Å². The summed E-state index contributed by atoms with van der Waals surface area (Å²) < 4.78 is 10.9. The summed E-state index contributed by atoms with van der Waals surface area (Å²) in [6.45, 7) is 7.09. The predicted octanol–water partition coefficient (Wildman–Crippen LogP) is 2.74. The Balaban J connectivity index is 1.92. The molecule has 1 aliphatic rings. The molecule has 4 nitrogen and oxygen atoms in total. The van der Waals surface area contributed by atoms with Crippen LogP contribution in [0.2, 0.25) is 0 Å². The van der Waals surface area contributed by atoms with Gasteiger partial charge in [-0.3, -0.25) is 0 Å². The van der Waals surface area contributed by atoms with Crippen LogP contribution in [0, 0.1) is 5.92 Å². The van der Waals surface area contributed by atoms with E-state index in [-0.39, 0.29) is 0 Å². The molecule has 0 bridgehead atoms. The fraction of sp³-hybridized carbons (Fsp3) is 0.769. The van der Waals surface area contributed by atoms with Crippen LogP contribution in [-0.2, 0) is 11.2 Å². The Bertz CT molecular complexity index is 367. The highest BCUT2D eigenvalue weighted by Gasteiger charge is 2.32. The quantitative estimate of drug-likeness (QED) is 0.856. The van der Waals surface area contributed by atoms with Crippen LogP contribution in [0.15, 0.2) is 4.52 Å². The number of aromatic nitrogens is 1. The predicted molar refractivity (Wildman–Crippen MR) is 66.8 cm³/mol. The van der Waals surface area contributed by atoms with Crippen LogP contribution in [-0.4, -0.2) is 17.9 Å². The van der Waals surface area contributed by atoms with Gasteiger partial charge in [0, 0.05) is 18.6 Å². The molecule has 0 spiro atoms. The van der Waals surface area contributed by atoms with Gasteiger partial charge in [0.15, 0.2) is 5.82 Å². The van der Waals surface area contributed by atoms with Crippen molar-refractivity contribution >= 4 is 5.82 Å². The Labute approximate surface area is 102 Å². The van der Waals surface area contributed by atoms with Gasteiger partial charge in [-0.05, 0) is 31.6 Å². The van der Waals surface area contributed by atoms with Crippen LogP contribution >= 0.6 is 0 Å². The van der Waals surface area contributed by atoms with Gasteiger partial charge in [-0.25, -0.2) is 0 Å². The van der Waals surface area contributed by atoms with Gasteiger partial charge in [0.2, 0.25) is 0 Å². The van der Waals surface area contributed by atoms with Gasteiger partial charge in [-0.2, -0.15) is 0 Å². The second-order valence-electron chi connectivity index (χ2n) is 5.18. The maximum Gasteiger partial charge on any atom is 0.170 e. The first kappa shape index (κ1) is 12.4. The van der Waals surface area contributed by atoms with Crippen LogP contribution in [0.5, 0.6) is 0 Å². The summed E-state index contributed by atoms with van der Waals surface area (Å²) in [6, 6.07) is 0. The normalized spacial score (nSPS) is 24.0. The van der Waals surface area contributed by atoms with Gasteiger partial charge >= 0.3 is 0 Å². The summed E-state index contributed by atoms with van der Waals surface area (Å²) in [4.78, 5) is 0. The van der Waals surface area contributed by atoms with E-state index in [4.69, 9.17) is 15.0 Å². The van der Waals surface area contributed by atoms with E-state index in [2.05, 4.69) is 19.0 Å². The van der Waals surface area contributed by atoms with E-state index in [0.717, 1.165) is 37.2 Å². The van der Waals surface area contributed by atoms with Gasteiger partial charge in [0.05, 0.1) is 6.10 Å². The zero-order chi connectivity index (χ0) is 12.4. The lowest BCUT2D eigenvalue weighted by atomic mass is 9.78. The second-order valence-corrected chi connectivity index (χ2v) is 5.18. The molecule has 1 aromatic rings. The van der Waals surface area contributed by atoms with Crippen molar-refractivity contribution in [1.29, 1.82) is 0 Å². The highest BCUT2D eigenvalue weighted by Crippen LogP contribution is 2.35. The molecule has 1 aliphatic carbocycles. The number of anilines is 1. The third kappa shape index (κ3) is 2.63. The fourth-order valence-corrected chi connectivity index (χ4v) is 2.59. The van der Waals surface area contributed by atoms with Crippen LogP contribution in [0.1, 0.15) is 50.9 Å². The SMILES string of the molecule is CCOC1CC(Cc2onc(N)c2C(C)C)C1. The van der Waals surface area contributed by atoms with Crippen molar-refractivity contribution in [1.82, 2.24) is 5.16 Å². The minimum absolute atomic E-state index is 0.374. The Kier molecular flexibility index (Phi) is 3.72. The lowest BCUT2D eigenvalue weighted by Gasteiger charge is -2.34. The Hall–Kier alpha value is -1.03. The third-order valence-corrected chi connectivity index (χ3v) is 3.48. The standard InChI is InChI=1S/C13H22N2O2/c1-4-16-10-5-9(6-10)7-11-12(8(2)3)13(14)15-17-11/h8-10H,4-7H2,1-3H3,(H2,14,15). The molecule has 1 heterocycles. The highest BCUT2D eigenvalue weighted by atomic mass is 16.5. The Morgan fingerprint density at radius 2 is 2.18 bits per heavy atom. The van der Waals surface area contributed by atoms with Crippen molar-refractivity contribution in [2.45, 2.75) is 52.1 Å². The first-order chi connectivity index (χ1) is 8.11. The topological polar surface area (TPSA) is 61.3 Å². The van der Waals surface area contributed by atoms with Crippen molar-refractivity contribution in [3.63, 3.8) is 0 Å². The first-order valence-corrected chi connectivity index (χ1v) is 6.47. The second kappa shape index (κ2) is 5.08. The number of nitrogens with zero attached hydrogens (tertiary/aromatic N) is 1. The minimum Gasteiger partial charge on any atom is -0.381 e. The van der Waals surface area contributed by atoms with Crippen molar-refractivity contribution in [3.05, 3.63) is 11.3 Å². The monoisotopic (exact) mass is 238 g/mol. The third-order valence-electron chi connectivity index (χ3n) is 3.48. The number of nitrogen functional groups attached to an aromatic ring is 1. The smallest absolute Gasteiger partial charge is 0.170 e. The first-order valence-electron chi connectivity index (χ1n) is 6.47. The zero-order valence-electron chi connectivity index (χ0n) is 10.9. The van der Waals surface area contributed by atoms with Gasteiger partial charge < -0.3 is 15.0 Å². The molecule has 0 aromatic carbocycles. The Morgan fingerprint density at radius 3 is 2.76 bits per heavy atom. The van der Waals surface area contributed by atoms with E-state index in [0.29, 0.717) is 23.8 Å². The van der Waals surface area contributed by atoms with Gasteiger partial charge in [-0.15, -0.1) is 0 Å². The van der Waals surface area contributed by atoms with Crippen molar-refractivity contribution in [2.24, 2.45) is 5.92 Å². The molecular weight excluding hydrogens is 216 g/mol. The molecule has 0 amide bonds. The number of ether oxygens (including phenoxy) is 1.